The maximum atomic E-state index is 4.32. The van der Waals surface area contributed by atoms with Crippen molar-refractivity contribution in [3.63, 3.8) is 0 Å². The molecule has 0 spiro atoms. The first kappa shape index (κ1) is 18.8. The Morgan fingerprint density at radius 1 is 1.12 bits per heavy atom. The lowest BCUT2D eigenvalue weighted by Gasteiger charge is -2.34. The fourth-order valence-electron chi connectivity index (χ4n) is 3.27. The molecule has 1 aromatic rings. The molecule has 24 heavy (non-hydrogen) atoms. The number of allylic oxidation sites excluding steroid dienone is 2. The van der Waals surface area contributed by atoms with Crippen LogP contribution in [0.2, 0.25) is 19.6 Å². The maximum Gasteiger partial charge on any atom is 0.147 e. The highest BCUT2D eigenvalue weighted by Gasteiger charge is 2.31. The molecule has 1 nitrogen and oxygen atoms in total. The van der Waals surface area contributed by atoms with Gasteiger partial charge in [-0.3, -0.25) is 4.58 Å². The van der Waals surface area contributed by atoms with E-state index >= 15 is 0 Å². The number of hydrogen-bond donors (Lipinski definition) is 0. The Hall–Kier alpha value is -1.54. The van der Waals surface area contributed by atoms with Gasteiger partial charge in [0.2, 0.25) is 0 Å². The van der Waals surface area contributed by atoms with Gasteiger partial charge < -0.3 is 0 Å². The molecule has 0 unspecified atom stereocenters. The quantitative estimate of drug-likeness (QED) is 0.359. The zero-order chi connectivity index (χ0) is 18.3. The summed E-state index contributed by atoms with van der Waals surface area (Å²) in [6, 6.07) is 7.89. The van der Waals surface area contributed by atoms with Crippen LogP contribution < -0.4 is 0 Å². The molecule has 1 aromatic carbocycles. The van der Waals surface area contributed by atoms with Gasteiger partial charge in [-0.05, 0) is 35.6 Å². The number of aryl methyl sites for hydroxylation is 2. The van der Waals surface area contributed by atoms with Gasteiger partial charge in [0.05, 0.1) is 14.8 Å². The van der Waals surface area contributed by atoms with Crippen molar-refractivity contribution in [2.24, 2.45) is 5.41 Å². The molecule has 1 aliphatic heterocycles. The topological polar surface area (TPSA) is 3.01 Å². The normalized spacial score (nSPS) is 16.2. The van der Waals surface area contributed by atoms with E-state index in [9.17, 15) is 0 Å². The van der Waals surface area contributed by atoms with Crippen LogP contribution in [-0.4, -0.2) is 19.4 Å². The Balaban J connectivity index is 2.54. The fourth-order valence-corrected chi connectivity index (χ4v) is 4.94. The van der Waals surface area contributed by atoms with Crippen LogP contribution in [0.25, 0.3) is 0 Å². The molecule has 0 aliphatic carbocycles. The average molecular weight is 340 g/mol. The van der Waals surface area contributed by atoms with E-state index in [4.69, 9.17) is 0 Å². The summed E-state index contributed by atoms with van der Waals surface area (Å²) < 4.78 is 2.08. The second-order valence-corrected chi connectivity index (χ2v) is 14.4. The van der Waals surface area contributed by atoms with Gasteiger partial charge in [-0.2, -0.15) is 0 Å². The van der Waals surface area contributed by atoms with Crippen molar-refractivity contribution in [3.05, 3.63) is 64.0 Å². The summed E-state index contributed by atoms with van der Waals surface area (Å²) in [5.41, 5.74) is 5.67. The van der Waals surface area contributed by atoms with Crippen LogP contribution in [0.15, 0.2) is 41.2 Å². The summed E-state index contributed by atoms with van der Waals surface area (Å²) >= 11 is 0. The largest absolute Gasteiger partial charge is 0.255 e. The summed E-state index contributed by atoms with van der Waals surface area (Å²) in [6.07, 6.45) is 5.79. The van der Waals surface area contributed by atoms with Crippen molar-refractivity contribution in [2.45, 2.75) is 60.7 Å². The minimum Gasteiger partial charge on any atom is -0.255 e. The van der Waals surface area contributed by atoms with E-state index in [0.717, 1.165) is 6.42 Å². The zero-order valence-electron chi connectivity index (χ0n) is 16.7. The van der Waals surface area contributed by atoms with Crippen LogP contribution in [0.3, 0.4) is 0 Å². The molecule has 2 rings (SSSR count). The SMILES string of the molecule is C=[N+]1C=C([Si](C)(C)C)C(CC(C)(C)C)=C[C-]1c1cc(C)ccc1C. The van der Waals surface area contributed by atoms with Gasteiger partial charge >= 0.3 is 0 Å². The van der Waals surface area contributed by atoms with E-state index in [2.05, 4.69) is 96.0 Å². The third kappa shape index (κ3) is 4.30. The molecule has 0 saturated heterocycles. The molecule has 0 bridgehead atoms. The van der Waals surface area contributed by atoms with E-state index in [1.54, 1.807) is 0 Å². The second-order valence-electron chi connectivity index (χ2n) is 9.37. The second kappa shape index (κ2) is 6.40. The fraction of sp³-hybridized carbons (Fsp3) is 0.455. The molecule has 0 N–H and O–H groups in total. The van der Waals surface area contributed by atoms with Crippen LogP contribution in [0.5, 0.6) is 0 Å². The summed E-state index contributed by atoms with van der Waals surface area (Å²) in [4.78, 5) is 0. The lowest BCUT2D eigenvalue weighted by Crippen LogP contribution is -2.31. The van der Waals surface area contributed by atoms with Gasteiger partial charge in [0.1, 0.15) is 12.2 Å². The van der Waals surface area contributed by atoms with Gasteiger partial charge in [0.25, 0.3) is 0 Å². The molecule has 0 atom stereocenters. The Kier molecular flexibility index (Phi) is 5.01. The van der Waals surface area contributed by atoms with Gasteiger partial charge in [-0.1, -0.05) is 82.2 Å². The summed E-state index contributed by atoms with van der Waals surface area (Å²) in [5, 5.41) is 1.53. The Morgan fingerprint density at radius 2 is 1.75 bits per heavy atom. The van der Waals surface area contributed by atoms with Crippen LogP contribution in [0.4, 0.5) is 0 Å². The highest BCUT2D eigenvalue weighted by atomic mass is 28.3. The molecular formula is C22H33NSi. The van der Waals surface area contributed by atoms with Crippen LogP contribution in [-0.2, 0) is 0 Å². The van der Waals surface area contributed by atoms with Crippen molar-refractivity contribution in [1.29, 1.82) is 0 Å². The van der Waals surface area contributed by atoms with Crippen LogP contribution in [0, 0.1) is 25.3 Å². The van der Waals surface area contributed by atoms with Gasteiger partial charge in [0, 0.05) is 0 Å². The minimum atomic E-state index is -1.42. The third-order valence-corrected chi connectivity index (χ3v) is 6.52. The van der Waals surface area contributed by atoms with Crippen molar-refractivity contribution in [3.8, 4) is 0 Å². The Bertz CT molecular complexity index is 708. The monoisotopic (exact) mass is 339 g/mol. The smallest absolute Gasteiger partial charge is 0.147 e. The lowest BCUT2D eigenvalue weighted by atomic mass is 9.85. The van der Waals surface area contributed by atoms with Gasteiger partial charge in [-0.25, -0.2) is 0 Å². The Labute approximate surface area is 149 Å². The first-order chi connectivity index (χ1) is 10.9. The molecule has 0 fully saturated rings. The van der Waals surface area contributed by atoms with Crippen LogP contribution in [0.1, 0.15) is 43.9 Å². The van der Waals surface area contributed by atoms with E-state index in [1.807, 2.05) is 0 Å². The lowest BCUT2D eigenvalue weighted by molar-refractivity contribution is -0.418. The number of benzene rings is 1. The number of hydrogen-bond acceptors (Lipinski definition) is 0. The summed E-state index contributed by atoms with van der Waals surface area (Å²) in [7, 11) is -1.42. The third-order valence-electron chi connectivity index (χ3n) is 4.45. The molecule has 2 heteroatoms. The number of nitrogens with zero attached hydrogens (tertiary/aromatic N) is 1. The van der Waals surface area contributed by atoms with Crippen LogP contribution >= 0.6 is 0 Å². The molecule has 130 valence electrons. The molecule has 0 aromatic heterocycles. The zero-order valence-corrected chi connectivity index (χ0v) is 17.7. The van der Waals surface area contributed by atoms with Crippen molar-refractivity contribution in [1.82, 2.24) is 0 Å². The predicted octanol–water partition coefficient (Wildman–Crippen LogP) is 6.03. The first-order valence-corrected chi connectivity index (χ1v) is 12.4. The van der Waals surface area contributed by atoms with E-state index in [1.165, 1.54) is 33.5 Å². The van der Waals surface area contributed by atoms with Gasteiger partial charge in [0.15, 0.2) is 0 Å². The van der Waals surface area contributed by atoms with E-state index < -0.39 is 8.07 Å². The standard InChI is InChI=1S/C22H33NSi/c1-16-10-11-17(2)19(12-16)20-13-18(14-22(3,4)5)21(15-23(20)6)24(7,8)9/h10-13,15H,6,14H2,1-5,7-9H3. The molecule has 1 heterocycles. The predicted molar refractivity (Wildman–Crippen MR) is 109 cm³/mol. The molecule has 1 aliphatic rings. The van der Waals surface area contributed by atoms with E-state index in [-0.39, 0.29) is 5.41 Å². The van der Waals surface area contributed by atoms with Crippen molar-refractivity contribution >= 4 is 14.8 Å². The molecular weight excluding hydrogens is 306 g/mol. The summed E-state index contributed by atoms with van der Waals surface area (Å²) in [6.45, 7) is 22.9. The summed E-state index contributed by atoms with van der Waals surface area (Å²) in [5.74, 6) is 0. The highest BCUT2D eigenvalue weighted by Crippen LogP contribution is 2.38. The van der Waals surface area contributed by atoms with Crippen molar-refractivity contribution < 1.29 is 4.58 Å². The van der Waals surface area contributed by atoms with Gasteiger partial charge in [-0.15, -0.1) is 0 Å². The maximum absolute atomic E-state index is 4.32. The number of rotatable bonds is 3. The molecule has 0 radical (unpaired) electrons. The first-order valence-electron chi connectivity index (χ1n) is 8.86. The van der Waals surface area contributed by atoms with Crippen molar-refractivity contribution in [2.75, 3.05) is 0 Å². The minimum absolute atomic E-state index is 0.278. The Morgan fingerprint density at radius 3 is 2.29 bits per heavy atom. The molecule has 0 saturated carbocycles. The molecule has 0 amide bonds. The highest BCUT2D eigenvalue weighted by molar-refractivity contribution is 6.84. The average Bonchev–Trinajstić information content (AvgIpc) is 2.40. The van der Waals surface area contributed by atoms with E-state index in [0.29, 0.717) is 0 Å².